The highest BCUT2D eigenvalue weighted by Gasteiger charge is 2.36. The van der Waals surface area contributed by atoms with E-state index in [0.717, 1.165) is 24.1 Å². The number of hydrogen-bond donors (Lipinski definition) is 2. The number of rotatable bonds is 12. The Labute approximate surface area is 255 Å². The quantitative estimate of drug-likeness (QED) is 0.202. The third kappa shape index (κ3) is 6.32. The highest BCUT2D eigenvalue weighted by atomic mass is 35.5. The van der Waals surface area contributed by atoms with Gasteiger partial charge in [-0.15, -0.1) is 0 Å². The van der Waals surface area contributed by atoms with Crippen LogP contribution < -0.4 is 20.1 Å². The van der Waals surface area contributed by atoms with Crippen LogP contribution in [0.3, 0.4) is 0 Å². The maximum Gasteiger partial charge on any atom is 0.237 e. The molecule has 2 atom stereocenters. The molecule has 4 aromatic rings. The van der Waals surface area contributed by atoms with Crippen molar-refractivity contribution < 1.29 is 9.47 Å². The van der Waals surface area contributed by atoms with E-state index in [2.05, 4.69) is 31.7 Å². The van der Waals surface area contributed by atoms with Gasteiger partial charge in [0, 0.05) is 41.8 Å². The molecule has 2 N–H and O–H groups in total. The van der Waals surface area contributed by atoms with Gasteiger partial charge in [0.1, 0.15) is 11.4 Å². The molecule has 0 bridgehead atoms. The van der Waals surface area contributed by atoms with Crippen molar-refractivity contribution in [2.75, 3.05) is 27.8 Å². The Morgan fingerprint density at radius 3 is 1.86 bits per heavy atom. The third-order valence-corrected chi connectivity index (χ3v) is 8.13. The fourth-order valence-corrected chi connectivity index (χ4v) is 5.62. The van der Waals surface area contributed by atoms with Crippen molar-refractivity contribution in [2.45, 2.75) is 25.9 Å². The van der Waals surface area contributed by atoms with Crippen LogP contribution in [-0.4, -0.2) is 47.7 Å². The average Bonchev–Trinajstić information content (AvgIpc) is 3.76. The molecule has 11 heteroatoms. The second-order valence-corrected chi connectivity index (χ2v) is 10.8. The van der Waals surface area contributed by atoms with Crippen LogP contribution >= 0.6 is 23.2 Å². The Bertz CT molecular complexity index is 1630. The summed E-state index contributed by atoms with van der Waals surface area (Å²) in [6.45, 7) is 1.89. The van der Waals surface area contributed by atoms with Crippen LogP contribution in [0, 0.1) is 23.2 Å². The molecule has 0 saturated heterocycles. The summed E-state index contributed by atoms with van der Waals surface area (Å²) in [5, 5.41) is 16.3. The summed E-state index contributed by atoms with van der Waals surface area (Å²) >= 11 is 14.0. The van der Waals surface area contributed by atoms with Gasteiger partial charge in [-0.2, -0.15) is 5.26 Å². The number of nitrogens with zero attached hydrogens (tertiary/aromatic N) is 5. The van der Waals surface area contributed by atoms with Gasteiger partial charge in [0.2, 0.25) is 11.8 Å². The minimum absolute atomic E-state index is 0.431. The van der Waals surface area contributed by atoms with Gasteiger partial charge in [0.05, 0.1) is 54.1 Å². The van der Waals surface area contributed by atoms with Crippen LogP contribution in [0.4, 0.5) is 0 Å². The standard InChI is InChI=1S/C31H31Cl2N7O2/c1-35-14-26-30(41-2)39-24(16-37-26)22-8-4-6-20(28(22)32)21-7-5-9-23(29(21)33)25-17-38-27(31(40-25)42-3)15-36-13-19-12-18(19)10-11-34/h4-9,16-19,35-36H,10,12-15H2,1-3H3. The van der Waals surface area contributed by atoms with Crippen molar-refractivity contribution in [2.24, 2.45) is 11.8 Å². The summed E-state index contributed by atoms with van der Waals surface area (Å²) in [5.74, 6) is 1.91. The summed E-state index contributed by atoms with van der Waals surface area (Å²) in [5.41, 5.74) is 5.50. The van der Waals surface area contributed by atoms with E-state index in [4.69, 9.17) is 42.9 Å². The molecule has 1 aliphatic rings. The zero-order chi connectivity index (χ0) is 29.6. The van der Waals surface area contributed by atoms with Crippen molar-refractivity contribution in [3.05, 3.63) is 70.2 Å². The number of hydrogen-bond acceptors (Lipinski definition) is 9. The summed E-state index contributed by atoms with van der Waals surface area (Å²) < 4.78 is 11.0. The van der Waals surface area contributed by atoms with Gasteiger partial charge in [0.25, 0.3) is 0 Å². The maximum atomic E-state index is 8.87. The van der Waals surface area contributed by atoms with E-state index in [1.807, 2.05) is 43.4 Å². The first-order chi connectivity index (χ1) is 20.5. The molecule has 2 heterocycles. The van der Waals surface area contributed by atoms with Gasteiger partial charge in [-0.1, -0.05) is 59.6 Å². The smallest absolute Gasteiger partial charge is 0.237 e. The number of halogens is 2. The van der Waals surface area contributed by atoms with Crippen LogP contribution in [0.15, 0.2) is 48.8 Å². The Morgan fingerprint density at radius 1 is 0.833 bits per heavy atom. The first-order valence-electron chi connectivity index (χ1n) is 13.6. The van der Waals surface area contributed by atoms with Gasteiger partial charge < -0.3 is 20.1 Å². The molecule has 1 aliphatic carbocycles. The molecule has 9 nitrogen and oxygen atoms in total. The van der Waals surface area contributed by atoms with E-state index < -0.39 is 0 Å². The molecule has 216 valence electrons. The molecule has 0 radical (unpaired) electrons. The van der Waals surface area contributed by atoms with Gasteiger partial charge in [0.15, 0.2) is 0 Å². The minimum atomic E-state index is 0.431. The predicted molar refractivity (Wildman–Crippen MR) is 163 cm³/mol. The van der Waals surface area contributed by atoms with Gasteiger partial charge in [-0.05, 0) is 31.8 Å². The van der Waals surface area contributed by atoms with E-state index in [9.17, 15) is 0 Å². The molecule has 1 fully saturated rings. The summed E-state index contributed by atoms with van der Waals surface area (Å²) in [7, 11) is 4.98. The number of nitrogens with one attached hydrogen (secondary N) is 2. The van der Waals surface area contributed by atoms with Gasteiger partial charge >= 0.3 is 0 Å². The average molecular weight is 605 g/mol. The lowest BCUT2D eigenvalue weighted by Crippen LogP contribution is -2.18. The van der Waals surface area contributed by atoms with Crippen LogP contribution in [0.2, 0.25) is 10.0 Å². The SMILES string of the molecule is CNCc1ncc(-c2cccc(-c3cccc(-c4cnc(CNCC5CC5CC#N)c(OC)n4)c3Cl)c2Cl)nc1OC. The van der Waals surface area contributed by atoms with Crippen LogP contribution in [0.1, 0.15) is 24.2 Å². The molecule has 2 aromatic heterocycles. The summed E-state index contributed by atoms with van der Waals surface area (Å²) in [6.07, 6.45) is 5.10. The van der Waals surface area contributed by atoms with Crippen molar-refractivity contribution >= 4 is 23.2 Å². The van der Waals surface area contributed by atoms with Crippen molar-refractivity contribution in [1.29, 1.82) is 5.26 Å². The first kappa shape index (κ1) is 29.7. The lowest BCUT2D eigenvalue weighted by molar-refractivity contribution is 0.387. The topological polar surface area (TPSA) is 118 Å². The number of ether oxygens (including phenoxy) is 2. The highest BCUT2D eigenvalue weighted by Crippen LogP contribution is 2.42. The second kappa shape index (κ2) is 13.4. The van der Waals surface area contributed by atoms with E-state index >= 15 is 0 Å². The highest BCUT2D eigenvalue weighted by molar-refractivity contribution is 6.39. The molecule has 0 amide bonds. The fraction of sp³-hybridized carbons (Fsp3) is 0.323. The molecule has 0 aliphatic heterocycles. The van der Waals surface area contributed by atoms with Gasteiger partial charge in [-0.25, -0.2) is 9.97 Å². The fourth-order valence-electron chi connectivity index (χ4n) is 4.97. The zero-order valence-electron chi connectivity index (χ0n) is 23.6. The Balaban J connectivity index is 1.41. The van der Waals surface area contributed by atoms with Gasteiger partial charge in [-0.3, -0.25) is 9.97 Å². The number of aromatic nitrogens is 4. The molecule has 42 heavy (non-hydrogen) atoms. The molecular formula is C31H31Cl2N7O2. The third-order valence-electron chi connectivity index (χ3n) is 7.31. The van der Waals surface area contributed by atoms with Crippen LogP contribution in [-0.2, 0) is 13.1 Å². The largest absolute Gasteiger partial charge is 0.480 e. The molecular weight excluding hydrogens is 573 g/mol. The lowest BCUT2D eigenvalue weighted by Gasteiger charge is -2.15. The summed E-state index contributed by atoms with van der Waals surface area (Å²) in [4.78, 5) is 18.5. The van der Waals surface area contributed by atoms with E-state index in [1.165, 1.54) is 0 Å². The molecule has 2 aromatic carbocycles. The Hall–Kier alpha value is -3.81. The molecule has 0 spiro atoms. The van der Waals surface area contributed by atoms with E-state index in [0.29, 0.717) is 87.1 Å². The van der Waals surface area contributed by atoms with E-state index in [-0.39, 0.29) is 0 Å². The minimum Gasteiger partial charge on any atom is -0.480 e. The summed E-state index contributed by atoms with van der Waals surface area (Å²) in [6, 6.07) is 13.7. The Morgan fingerprint density at radius 2 is 1.36 bits per heavy atom. The second-order valence-electron chi connectivity index (χ2n) is 10.0. The maximum absolute atomic E-state index is 8.87. The monoisotopic (exact) mass is 603 g/mol. The Kier molecular flexibility index (Phi) is 9.50. The number of nitriles is 1. The molecule has 1 saturated carbocycles. The molecule has 5 rings (SSSR count). The first-order valence-corrected chi connectivity index (χ1v) is 14.3. The van der Waals surface area contributed by atoms with Crippen molar-refractivity contribution in [3.63, 3.8) is 0 Å². The normalized spacial score (nSPS) is 15.7. The lowest BCUT2D eigenvalue weighted by atomic mass is 9.98. The van der Waals surface area contributed by atoms with Crippen LogP contribution in [0.5, 0.6) is 11.8 Å². The van der Waals surface area contributed by atoms with Crippen LogP contribution in [0.25, 0.3) is 33.6 Å². The zero-order valence-corrected chi connectivity index (χ0v) is 25.1. The van der Waals surface area contributed by atoms with Crippen molar-refractivity contribution in [1.82, 2.24) is 30.6 Å². The number of benzene rings is 2. The molecule has 2 unspecified atom stereocenters. The predicted octanol–water partition coefficient (Wildman–Crippen LogP) is 5.95. The van der Waals surface area contributed by atoms with E-state index in [1.54, 1.807) is 26.6 Å². The van der Waals surface area contributed by atoms with Crippen molar-refractivity contribution in [3.8, 4) is 51.5 Å². The number of methoxy groups -OCH3 is 2.